The Morgan fingerprint density at radius 2 is 1.81 bits per heavy atom. The first-order valence-corrected chi connectivity index (χ1v) is 11.8. The number of methoxy groups -OCH3 is 1. The zero-order valence-electron chi connectivity index (χ0n) is 20.9. The van der Waals surface area contributed by atoms with Crippen molar-refractivity contribution in [3.8, 4) is 5.75 Å². The first kappa shape index (κ1) is 25.1. The number of nitrogens with one attached hydrogen (secondary N) is 1. The summed E-state index contributed by atoms with van der Waals surface area (Å²) in [7, 11) is 1.62. The van der Waals surface area contributed by atoms with Crippen LogP contribution in [0, 0.1) is 13.8 Å². The van der Waals surface area contributed by atoms with Crippen LogP contribution in [-0.4, -0.2) is 49.8 Å². The maximum absolute atomic E-state index is 13.0. The van der Waals surface area contributed by atoms with Gasteiger partial charge in [-0.15, -0.1) is 5.10 Å². The fraction of sp³-hybridized carbons (Fsp3) is 0.346. The highest BCUT2D eigenvalue weighted by molar-refractivity contribution is 5.80. The number of ether oxygens (including phenoxy) is 2. The summed E-state index contributed by atoms with van der Waals surface area (Å²) >= 11 is 0. The van der Waals surface area contributed by atoms with E-state index in [2.05, 4.69) is 38.4 Å². The fourth-order valence-electron chi connectivity index (χ4n) is 4.03. The smallest absolute Gasteiger partial charge is 0.327 e. The van der Waals surface area contributed by atoms with Crippen molar-refractivity contribution in [2.75, 3.05) is 13.7 Å². The van der Waals surface area contributed by atoms with Gasteiger partial charge in [0.25, 0.3) is 5.56 Å². The van der Waals surface area contributed by atoms with Gasteiger partial charge in [0.15, 0.2) is 5.82 Å². The number of fused-ring (bicyclic) bond motifs is 1. The van der Waals surface area contributed by atoms with Crippen molar-refractivity contribution in [3.05, 3.63) is 80.9 Å². The Kier molecular flexibility index (Phi) is 7.74. The second-order valence-electron chi connectivity index (χ2n) is 8.70. The minimum atomic E-state index is -0.413. The summed E-state index contributed by atoms with van der Waals surface area (Å²) in [6.45, 7) is 7.24. The maximum Gasteiger partial charge on any atom is 0.327 e. The lowest BCUT2D eigenvalue weighted by Gasteiger charge is -2.22. The highest BCUT2D eigenvalue weighted by atomic mass is 16.5. The number of carbonyl (C=O) groups is 1. The molecule has 0 aliphatic heterocycles. The Hall–Kier alpha value is -4.05. The van der Waals surface area contributed by atoms with Crippen molar-refractivity contribution >= 4 is 16.9 Å². The molecule has 0 aliphatic rings. The number of hydrogen-bond donors (Lipinski definition) is 1. The third-order valence-corrected chi connectivity index (χ3v) is 6.05. The number of tetrazole rings is 1. The molecule has 0 aliphatic carbocycles. The van der Waals surface area contributed by atoms with E-state index in [0.29, 0.717) is 31.0 Å². The van der Waals surface area contributed by atoms with Crippen molar-refractivity contribution in [2.45, 2.75) is 47.0 Å². The van der Waals surface area contributed by atoms with Crippen LogP contribution in [-0.2, 0) is 35.7 Å². The van der Waals surface area contributed by atoms with Gasteiger partial charge < -0.3 is 14.5 Å². The van der Waals surface area contributed by atoms with E-state index in [9.17, 15) is 9.59 Å². The van der Waals surface area contributed by atoms with Crippen LogP contribution in [0.2, 0.25) is 0 Å². The summed E-state index contributed by atoms with van der Waals surface area (Å²) in [6.07, 6.45) is 0. The summed E-state index contributed by atoms with van der Waals surface area (Å²) in [6, 6.07) is 13.8. The molecule has 0 amide bonds. The van der Waals surface area contributed by atoms with E-state index in [4.69, 9.17) is 9.47 Å². The first-order chi connectivity index (χ1) is 17.4. The number of benzene rings is 2. The van der Waals surface area contributed by atoms with Gasteiger partial charge in [-0.25, -0.2) is 4.68 Å². The molecular formula is C26H30N6O4. The minimum Gasteiger partial charge on any atom is -0.497 e. The molecule has 188 valence electrons. The molecule has 10 heteroatoms. The van der Waals surface area contributed by atoms with Gasteiger partial charge in [-0.3, -0.25) is 14.5 Å². The van der Waals surface area contributed by atoms with Crippen LogP contribution in [0.3, 0.4) is 0 Å². The van der Waals surface area contributed by atoms with Crippen molar-refractivity contribution < 1.29 is 14.3 Å². The average molecular weight is 491 g/mol. The summed E-state index contributed by atoms with van der Waals surface area (Å²) in [5, 5.41) is 12.8. The van der Waals surface area contributed by atoms with E-state index >= 15 is 0 Å². The standard InChI is InChI=1S/C26H30N6O4/c1-5-36-25(33)16-32-24(28-29-30-32)15-31(13-19-6-8-22(35-4)9-7-19)14-21-12-20-10-17(2)18(3)11-23(20)27-26(21)34/h6-12H,5,13-16H2,1-4H3,(H,27,34). The molecule has 2 aromatic heterocycles. The number of aromatic amines is 1. The van der Waals surface area contributed by atoms with Gasteiger partial charge in [0.1, 0.15) is 12.3 Å². The molecular weight excluding hydrogens is 460 g/mol. The molecule has 0 unspecified atom stereocenters. The van der Waals surface area contributed by atoms with Gasteiger partial charge in [-0.2, -0.15) is 0 Å². The third kappa shape index (κ3) is 5.95. The van der Waals surface area contributed by atoms with Gasteiger partial charge in [-0.05, 0) is 83.6 Å². The van der Waals surface area contributed by atoms with Crippen LogP contribution in [0.1, 0.15) is 35.0 Å². The molecule has 0 bridgehead atoms. The molecule has 0 spiro atoms. The SMILES string of the molecule is CCOC(=O)Cn1nnnc1CN(Cc1ccc(OC)cc1)Cc1cc2cc(C)c(C)cc2[nH]c1=O. The van der Waals surface area contributed by atoms with Crippen LogP contribution in [0.15, 0.2) is 47.3 Å². The zero-order valence-corrected chi connectivity index (χ0v) is 20.9. The quantitative estimate of drug-likeness (QED) is 0.338. The Balaban J connectivity index is 1.64. The van der Waals surface area contributed by atoms with Gasteiger partial charge in [0.05, 0.1) is 20.3 Å². The van der Waals surface area contributed by atoms with Gasteiger partial charge in [0, 0.05) is 24.2 Å². The highest BCUT2D eigenvalue weighted by Crippen LogP contribution is 2.20. The predicted molar refractivity (Wildman–Crippen MR) is 134 cm³/mol. The number of carbonyl (C=O) groups excluding carboxylic acids is 1. The molecule has 0 radical (unpaired) electrons. The van der Waals surface area contributed by atoms with Crippen molar-refractivity contribution in [3.63, 3.8) is 0 Å². The lowest BCUT2D eigenvalue weighted by atomic mass is 10.0. The van der Waals surface area contributed by atoms with E-state index in [1.165, 1.54) is 4.68 Å². The largest absolute Gasteiger partial charge is 0.497 e. The summed E-state index contributed by atoms with van der Waals surface area (Å²) in [5.41, 5.74) is 4.62. The molecule has 4 aromatic rings. The molecule has 0 atom stereocenters. The van der Waals surface area contributed by atoms with Crippen LogP contribution in [0.25, 0.3) is 10.9 Å². The topological polar surface area (TPSA) is 115 Å². The fourth-order valence-corrected chi connectivity index (χ4v) is 4.03. The van der Waals surface area contributed by atoms with Crippen LogP contribution in [0.5, 0.6) is 5.75 Å². The number of rotatable bonds is 10. The Morgan fingerprint density at radius 1 is 1.06 bits per heavy atom. The predicted octanol–water partition coefficient (Wildman–Crippen LogP) is 2.91. The zero-order chi connectivity index (χ0) is 25.7. The van der Waals surface area contributed by atoms with Gasteiger partial charge in [0.2, 0.25) is 0 Å². The number of aryl methyl sites for hydroxylation is 2. The summed E-state index contributed by atoms with van der Waals surface area (Å²) < 4.78 is 11.7. The number of esters is 1. The molecule has 10 nitrogen and oxygen atoms in total. The second kappa shape index (κ2) is 11.1. The van der Waals surface area contributed by atoms with Crippen molar-refractivity contribution in [2.24, 2.45) is 0 Å². The van der Waals surface area contributed by atoms with E-state index in [1.807, 2.05) is 43.3 Å². The number of pyridine rings is 1. The summed E-state index contributed by atoms with van der Waals surface area (Å²) in [5.74, 6) is 0.852. The van der Waals surface area contributed by atoms with E-state index in [1.54, 1.807) is 14.0 Å². The molecule has 1 N–H and O–H groups in total. The lowest BCUT2D eigenvalue weighted by molar-refractivity contribution is -0.144. The monoisotopic (exact) mass is 490 g/mol. The van der Waals surface area contributed by atoms with Crippen LogP contribution < -0.4 is 10.3 Å². The molecule has 36 heavy (non-hydrogen) atoms. The maximum atomic E-state index is 13.0. The number of aromatic nitrogens is 5. The number of H-pyrrole nitrogens is 1. The van der Waals surface area contributed by atoms with Crippen molar-refractivity contribution in [1.82, 2.24) is 30.1 Å². The third-order valence-electron chi connectivity index (χ3n) is 6.05. The lowest BCUT2D eigenvalue weighted by Crippen LogP contribution is -2.28. The average Bonchev–Trinajstić information content (AvgIpc) is 3.27. The Morgan fingerprint density at radius 3 is 2.53 bits per heavy atom. The number of nitrogens with zero attached hydrogens (tertiary/aromatic N) is 5. The first-order valence-electron chi connectivity index (χ1n) is 11.8. The Bertz CT molecular complexity index is 1410. The van der Waals surface area contributed by atoms with E-state index < -0.39 is 5.97 Å². The second-order valence-corrected chi connectivity index (χ2v) is 8.70. The highest BCUT2D eigenvalue weighted by Gasteiger charge is 2.18. The van der Waals surface area contributed by atoms with Gasteiger partial charge >= 0.3 is 5.97 Å². The van der Waals surface area contributed by atoms with E-state index in [0.717, 1.165) is 33.3 Å². The number of hydrogen-bond acceptors (Lipinski definition) is 8. The molecule has 4 rings (SSSR count). The molecule has 2 heterocycles. The molecule has 0 saturated carbocycles. The normalized spacial score (nSPS) is 11.2. The van der Waals surface area contributed by atoms with Crippen LogP contribution in [0.4, 0.5) is 0 Å². The molecule has 2 aromatic carbocycles. The molecule has 0 saturated heterocycles. The van der Waals surface area contributed by atoms with Crippen molar-refractivity contribution in [1.29, 1.82) is 0 Å². The minimum absolute atomic E-state index is 0.0816. The summed E-state index contributed by atoms with van der Waals surface area (Å²) in [4.78, 5) is 30.1. The van der Waals surface area contributed by atoms with Gasteiger partial charge in [-0.1, -0.05) is 12.1 Å². The Labute approximate surface area is 208 Å². The van der Waals surface area contributed by atoms with Crippen LogP contribution >= 0.6 is 0 Å². The van der Waals surface area contributed by atoms with E-state index in [-0.39, 0.29) is 18.7 Å². The molecule has 0 fully saturated rings.